The van der Waals surface area contributed by atoms with E-state index in [1.54, 1.807) is 18.2 Å². The third-order valence-electron chi connectivity index (χ3n) is 5.35. The molecule has 1 atom stereocenters. The highest BCUT2D eigenvalue weighted by atomic mass is 32.2. The minimum Gasteiger partial charge on any atom is -0.480 e. The second-order valence-electron chi connectivity index (χ2n) is 8.21. The second-order valence-corrected chi connectivity index (χ2v) is 9.99. The Balaban J connectivity index is 1.49. The first-order valence-electron chi connectivity index (χ1n) is 10.4. The summed E-state index contributed by atoms with van der Waals surface area (Å²) >= 11 is 0. The Labute approximate surface area is 190 Å². The molecule has 10 heteroatoms. The smallest absolute Gasteiger partial charge is 0.322 e. The molecule has 0 bridgehead atoms. The SMILES string of the molecule is CS(=O)(=O)NC(Cc1ccc(-c2cccc(Nc3c(NC4CC4)c(=O)c3=O)c2)cc1)C(=O)O. The molecule has 0 saturated heterocycles. The summed E-state index contributed by atoms with van der Waals surface area (Å²) < 4.78 is 24.9. The van der Waals surface area contributed by atoms with Crippen LogP contribution >= 0.6 is 0 Å². The van der Waals surface area contributed by atoms with E-state index in [1.807, 2.05) is 30.3 Å². The highest BCUT2D eigenvalue weighted by molar-refractivity contribution is 7.88. The first kappa shape index (κ1) is 22.7. The van der Waals surface area contributed by atoms with Gasteiger partial charge in [-0.15, -0.1) is 0 Å². The molecule has 0 radical (unpaired) electrons. The summed E-state index contributed by atoms with van der Waals surface area (Å²) in [5.74, 6) is -1.25. The minimum absolute atomic E-state index is 0.00530. The zero-order chi connectivity index (χ0) is 23.8. The molecular weight excluding hydrogens is 446 g/mol. The van der Waals surface area contributed by atoms with Gasteiger partial charge in [-0.05, 0) is 48.1 Å². The minimum atomic E-state index is -3.66. The monoisotopic (exact) mass is 469 g/mol. The summed E-state index contributed by atoms with van der Waals surface area (Å²) in [6.45, 7) is 0. The van der Waals surface area contributed by atoms with Crippen molar-refractivity contribution in [3.8, 4) is 11.1 Å². The van der Waals surface area contributed by atoms with Crippen molar-refractivity contribution in [1.82, 2.24) is 4.72 Å². The van der Waals surface area contributed by atoms with Gasteiger partial charge in [-0.25, -0.2) is 13.1 Å². The van der Waals surface area contributed by atoms with E-state index in [-0.39, 0.29) is 18.2 Å². The number of aliphatic carboxylic acids is 1. The fraction of sp³-hybridized carbons (Fsp3) is 0.261. The number of benzene rings is 2. The van der Waals surface area contributed by atoms with Crippen LogP contribution in [0.1, 0.15) is 18.4 Å². The maximum Gasteiger partial charge on any atom is 0.322 e. The van der Waals surface area contributed by atoms with Crippen molar-refractivity contribution < 1.29 is 18.3 Å². The zero-order valence-corrected chi connectivity index (χ0v) is 18.6. The van der Waals surface area contributed by atoms with Crippen LogP contribution in [0.25, 0.3) is 11.1 Å². The van der Waals surface area contributed by atoms with Gasteiger partial charge in [0.25, 0.3) is 10.9 Å². The lowest BCUT2D eigenvalue weighted by Gasteiger charge is -2.15. The lowest BCUT2D eigenvalue weighted by molar-refractivity contribution is -0.138. The molecule has 0 spiro atoms. The lowest BCUT2D eigenvalue weighted by Crippen LogP contribution is -2.41. The van der Waals surface area contributed by atoms with Crippen LogP contribution in [0, 0.1) is 0 Å². The third kappa shape index (κ3) is 5.47. The van der Waals surface area contributed by atoms with E-state index >= 15 is 0 Å². The van der Waals surface area contributed by atoms with Crippen molar-refractivity contribution in [3.05, 3.63) is 74.5 Å². The van der Waals surface area contributed by atoms with Gasteiger partial charge >= 0.3 is 5.97 Å². The normalized spacial score (nSPS) is 14.7. The average Bonchev–Trinajstić information content (AvgIpc) is 3.59. The number of anilines is 3. The van der Waals surface area contributed by atoms with Crippen molar-refractivity contribution in [3.63, 3.8) is 0 Å². The van der Waals surface area contributed by atoms with E-state index in [9.17, 15) is 27.9 Å². The van der Waals surface area contributed by atoms with Crippen LogP contribution in [-0.2, 0) is 21.2 Å². The Morgan fingerprint density at radius 3 is 2.30 bits per heavy atom. The molecule has 3 aromatic rings. The molecular formula is C23H23N3O6S. The summed E-state index contributed by atoms with van der Waals surface area (Å²) in [4.78, 5) is 35.2. The maximum atomic E-state index is 12.0. The molecule has 0 heterocycles. The second kappa shape index (κ2) is 8.80. The van der Waals surface area contributed by atoms with Crippen LogP contribution in [0.5, 0.6) is 0 Å². The summed E-state index contributed by atoms with van der Waals surface area (Å²) in [7, 11) is -3.66. The molecule has 4 rings (SSSR count). The molecule has 172 valence electrons. The molecule has 1 fully saturated rings. The number of carboxylic acid groups (broad SMARTS) is 1. The quantitative estimate of drug-likeness (QED) is 0.330. The van der Waals surface area contributed by atoms with Gasteiger partial charge in [0.15, 0.2) is 0 Å². The van der Waals surface area contributed by atoms with E-state index < -0.39 is 32.9 Å². The van der Waals surface area contributed by atoms with Crippen molar-refractivity contribution in [2.45, 2.75) is 31.3 Å². The standard InChI is InChI=1S/C23H23N3O6S/c1-33(31,32)26-18(23(29)30)11-13-5-7-14(8-6-13)15-3-2-4-17(12-15)25-20-19(21(27)22(20)28)24-16-9-10-16/h2-8,12,16,18,24-26H,9-11H2,1H3,(H,29,30). The Hall–Kier alpha value is -3.50. The van der Waals surface area contributed by atoms with Crippen LogP contribution < -0.4 is 26.2 Å². The molecule has 1 saturated carbocycles. The number of rotatable bonds is 10. The number of carboxylic acids is 1. The van der Waals surface area contributed by atoms with E-state index in [0.29, 0.717) is 16.9 Å². The van der Waals surface area contributed by atoms with Gasteiger partial charge in [-0.1, -0.05) is 36.4 Å². The summed E-state index contributed by atoms with van der Waals surface area (Å²) in [5.41, 5.74) is 2.61. The fourth-order valence-corrected chi connectivity index (χ4v) is 4.21. The number of hydrogen-bond acceptors (Lipinski definition) is 7. The molecule has 0 amide bonds. The first-order valence-corrected chi connectivity index (χ1v) is 12.3. The molecule has 1 aliphatic carbocycles. The van der Waals surface area contributed by atoms with Crippen LogP contribution in [0.3, 0.4) is 0 Å². The Bertz CT molecular complexity index is 1370. The van der Waals surface area contributed by atoms with Gasteiger partial charge in [0.1, 0.15) is 17.4 Å². The number of hydrogen-bond donors (Lipinski definition) is 4. The fourth-order valence-electron chi connectivity index (χ4n) is 3.51. The van der Waals surface area contributed by atoms with Crippen molar-refractivity contribution in [2.75, 3.05) is 16.9 Å². The molecule has 9 nitrogen and oxygen atoms in total. The Morgan fingerprint density at radius 1 is 1.03 bits per heavy atom. The van der Waals surface area contributed by atoms with E-state index in [2.05, 4.69) is 15.4 Å². The predicted octanol–water partition coefficient (Wildman–Crippen LogP) is 1.81. The van der Waals surface area contributed by atoms with Gasteiger partial charge in [-0.2, -0.15) is 0 Å². The molecule has 33 heavy (non-hydrogen) atoms. The maximum absolute atomic E-state index is 12.0. The van der Waals surface area contributed by atoms with Gasteiger partial charge in [0, 0.05) is 11.7 Å². The molecule has 1 aliphatic rings. The summed E-state index contributed by atoms with van der Waals surface area (Å²) in [6.07, 6.45) is 2.90. The van der Waals surface area contributed by atoms with Crippen molar-refractivity contribution >= 4 is 33.1 Å². The van der Waals surface area contributed by atoms with Crippen LogP contribution in [-0.4, -0.2) is 37.8 Å². The van der Waals surface area contributed by atoms with E-state index in [0.717, 1.165) is 30.2 Å². The summed E-state index contributed by atoms with van der Waals surface area (Å²) in [6, 6.07) is 13.4. The third-order valence-corrected chi connectivity index (χ3v) is 6.06. The lowest BCUT2D eigenvalue weighted by atomic mass is 10.0. The molecule has 3 aromatic carbocycles. The Kier molecular flexibility index (Phi) is 6.05. The molecule has 1 unspecified atom stereocenters. The van der Waals surface area contributed by atoms with Crippen LogP contribution in [0.2, 0.25) is 0 Å². The Morgan fingerprint density at radius 2 is 1.70 bits per heavy atom. The van der Waals surface area contributed by atoms with Crippen molar-refractivity contribution in [2.24, 2.45) is 0 Å². The molecule has 0 aromatic heterocycles. The van der Waals surface area contributed by atoms with Crippen LogP contribution in [0.15, 0.2) is 58.1 Å². The van der Waals surface area contributed by atoms with Crippen LogP contribution in [0.4, 0.5) is 17.1 Å². The van der Waals surface area contributed by atoms with Gasteiger partial charge in [0.05, 0.1) is 6.26 Å². The largest absolute Gasteiger partial charge is 0.480 e. The van der Waals surface area contributed by atoms with Gasteiger partial charge < -0.3 is 15.7 Å². The number of nitrogens with one attached hydrogen (secondary N) is 3. The van der Waals surface area contributed by atoms with E-state index in [1.165, 1.54) is 0 Å². The van der Waals surface area contributed by atoms with Crippen molar-refractivity contribution in [1.29, 1.82) is 0 Å². The zero-order valence-electron chi connectivity index (χ0n) is 17.8. The first-order chi connectivity index (χ1) is 15.6. The number of sulfonamides is 1. The topological polar surface area (TPSA) is 142 Å². The average molecular weight is 470 g/mol. The van der Waals surface area contributed by atoms with Gasteiger partial charge in [0.2, 0.25) is 10.0 Å². The van der Waals surface area contributed by atoms with E-state index in [4.69, 9.17) is 0 Å². The number of carbonyl (C=O) groups is 1. The van der Waals surface area contributed by atoms with Gasteiger partial charge in [-0.3, -0.25) is 14.4 Å². The molecule has 4 N–H and O–H groups in total. The predicted molar refractivity (Wildman–Crippen MR) is 126 cm³/mol. The highest BCUT2D eigenvalue weighted by Gasteiger charge is 2.28. The summed E-state index contributed by atoms with van der Waals surface area (Å²) in [5, 5.41) is 15.4. The molecule has 0 aliphatic heterocycles. The highest BCUT2D eigenvalue weighted by Crippen LogP contribution is 2.30.